The first kappa shape index (κ1) is 16.8. The zero-order valence-electron chi connectivity index (χ0n) is 15.4. The molecule has 0 N–H and O–H groups in total. The number of aryl methyl sites for hydroxylation is 1. The standard InChI is InChI=1S/C21H30N4/c1-17-13-23-21(19-9-5-11-22-14-19)25(17)20-10-6-12-24(16-20)15-18-7-3-2-4-8-18/h5,9,11,13-14,18,20H,2-4,6-8,10,12,15-16H2,1H3. The fourth-order valence-electron chi connectivity index (χ4n) is 4.76. The lowest BCUT2D eigenvalue weighted by molar-refractivity contribution is 0.140. The van der Waals surface area contributed by atoms with Gasteiger partial charge in [-0.3, -0.25) is 4.98 Å². The van der Waals surface area contributed by atoms with E-state index in [-0.39, 0.29) is 0 Å². The smallest absolute Gasteiger partial charge is 0.141 e. The van der Waals surface area contributed by atoms with Gasteiger partial charge in [0.15, 0.2) is 0 Å². The van der Waals surface area contributed by atoms with Crippen LogP contribution in [0, 0.1) is 12.8 Å². The van der Waals surface area contributed by atoms with Gasteiger partial charge in [-0.2, -0.15) is 0 Å². The van der Waals surface area contributed by atoms with Crippen molar-refractivity contribution >= 4 is 0 Å². The summed E-state index contributed by atoms with van der Waals surface area (Å²) in [6.45, 7) is 5.92. The molecule has 1 atom stereocenters. The van der Waals surface area contributed by atoms with E-state index in [1.165, 1.54) is 70.3 Å². The lowest BCUT2D eigenvalue weighted by Gasteiger charge is -2.37. The number of hydrogen-bond donors (Lipinski definition) is 0. The molecule has 0 spiro atoms. The molecule has 0 bridgehead atoms. The highest BCUT2D eigenvalue weighted by atomic mass is 15.2. The summed E-state index contributed by atoms with van der Waals surface area (Å²) in [5, 5.41) is 0. The number of hydrogen-bond acceptors (Lipinski definition) is 3. The summed E-state index contributed by atoms with van der Waals surface area (Å²) in [5.41, 5.74) is 2.39. The van der Waals surface area contributed by atoms with Crippen LogP contribution in [0.25, 0.3) is 11.4 Å². The van der Waals surface area contributed by atoms with Gasteiger partial charge in [0, 0.05) is 49.0 Å². The zero-order valence-corrected chi connectivity index (χ0v) is 15.4. The molecule has 1 saturated heterocycles. The first-order chi connectivity index (χ1) is 12.3. The second-order valence-electron chi connectivity index (χ2n) is 7.89. The van der Waals surface area contributed by atoms with E-state index < -0.39 is 0 Å². The fourth-order valence-corrected chi connectivity index (χ4v) is 4.76. The molecule has 2 aromatic heterocycles. The third-order valence-electron chi connectivity index (χ3n) is 5.99. The van der Waals surface area contributed by atoms with Crippen LogP contribution in [0.5, 0.6) is 0 Å². The van der Waals surface area contributed by atoms with E-state index >= 15 is 0 Å². The molecular formula is C21H30N4. The Morgan fingerprint density at radius 3 is 2.76 bits per heavy atom. The van der Waals surface area contributed by atoms with Crippen molar-refractivity contribution in [1.82, 2.24) is 19.4 Å². The molecule has 2 fully saturated rings. The van der Waals surface area contributed by atoms with Crippen molar-refractivity contribution in [2.75, 3.05) is 19.6 Å². The van der Waals surface area contributed by atoms with Crippen LogP contribution in [-0.2, 0) is 0 Å². The van der Waals surface area contributed by atoms with Gasteiger partial charge < -0.3 is 9.47 Å². The molecule has 4 nitrogen and oxygen atoms in total. The third-order valence-corrected chi connectivity index (χ3v) is 5.99. The number of imidazole rings is 1. The van der Waals surface area contributed by atoms with E-state index in [0.29, 0.717) is 6.04 Å². The maximum Gasteiger partial charge on any atom is 0.141 e. The minimum atomic E-state index is 0.537. The molecule has 3 heterocycles. The van der Waals surface area contributed by atoms with E-state index in [1.54, 1.807) is 0 Å². The minimum Gasteiger partial charge on any atom is -0.324 e. The Morgan fingerprint density at radius 2 is 1.96 bits per heavy atom. The minimum absolute atomic E-state index is 0.537. The second kappa shape index (κ2) is 7.69. The van der Waals surface area contributed by atoms with Crippen molar-refractivity contribution in [2.45, 2.75) is 57.9 Å². The Hall–Kier alpha value is -1.68. The fraction of sp³-hybridized carbons (Fsp3) is 0.619. The molecule has 1 unspecified atom stereocenters. The van der Waals surface area contributed by atoms with E-state index in [1.807, 2.05) is 24.7 Å². The largest absolute Gasteiger partial charge is 0.324 e. The number of nitrogens with zero attached hydrogens (tertiary/aromatic N) is 4. The van der Waals surface area contributed by atoms with Crippen molar-refractivity contribution in [1.29, 1.82) is 0 Å². The monoisotopic (exact) mass is 338 g/mol. The van der Waals surface area contributed by atoms with Crippen LogP contribution < -0.4 is 0 Å². The molecule has 1 aliphatic heterocycles. The molecular weight excluding hydrogens is 308 g/mol. The summed E-state index contributed by atoms with van der Waals surface area (Å²) < 4.78 is 2.46. The molecule has 25 heavy (non-hydrogen) atoms. The van der Waals surface area contributed by atoms with E-state index in [2.05, 4.69) is 27.4 Å². The summed E-state index contributed by atoms with van der Waals surface area (Å²) in [6, 6.07) is 4.66. The first-order valence-corrected chi connectivity index (χ1v) is 9.98. The van der Waals surface area contributed by atoms with Gasteiger partial charge in [-0.05, 0) is 57.2 Å². The van der Waals surface area contributed by atoms with Gasteiger partial charge in [-0.15, -0.1) is 0 Å². The molecule has 1 saturated carbocycles. The Balaban J connectivity index is 1.50. The highest BCUT2D eigenvalue weighted by Gasteiger charge is 2.26. The molecule has 0 aromatic carbocycles. The summed E-state index contributed by atoms with van der Waals surface area (Å²) >= 11 is 0. The predicted molar refractivity (Wildman–Crippen MR) is 101 cm³/mol. The van der Waals surface area contributed by atoms with Crippen molar-refractivity contribution < 1.29 is 0 Å². The molecule has 2 aliphatic rings. The normalized spacial score (nSPS) is 23.0. The summed E-state index contributed by atoms with van der Waals surface area (Å²) in [4.78, 5) is 11.7. The number of rotatable bonds is 4. The quantitative estimate of drug-likeness (QED) is 0.825. The number of likely N-dealkylation sites (tertiary alicyclic amines) is 1. The topological polar surface area (TPSA) is 34.0 Å². The number of pyridine rings is 1. The molecule has 0 radical (unpaired) electrons. The van der Waals surface area contributed by atoms with E-state index in [4.69, 9.17) is 4.98 Å². The maximum absolute atomic E-state index is 4.71. The van der Waals surface area contributed by atoms with Gasteiger partial charge >= 0.3 is 0 Å². The average molecular weight is 338 g/mol. The van der Waals surface area contributed by atoms with Gasteiger partial charge in [0.05, 0.1) is 0 Å². The lowest BCUT2D eigenvalue weighted by Crippen LogP contribution is -2.40. The van der Waals surface area contributed by atoms with Crippen LogP contribution in [0.1, 0.15) is 56.7 Å². The molecule has 2 aromatic rings. The maximum atomic E-state index is 4.71. The molecule has 0 amide bonds. The lowest BCUT2D eigenvalue weighted by atomic mass is 9.88. The van der Waals surface area contributed by atoms with Crippen LogP contribution in [0.3, 0.4) is 0 Å². The zero-order chi connectivity index (χ0) is 17.1. The van der Waals surface area contributed by atoms with Gasteiger partial charge in [0.2, 0.25) is 0 Å². The second-order valence-corrected chi connectivity index (χ2v) is 7.89. The van der Waals surface area contributed by atoms with E-state index in [9.17, 15) is 0 Å². The van der Waals surface area contributed by atoms with Crippen LogP contribution in [0.2, 0.25) is 0 Å². The van der Waals surface area contributed by atoms with Gasteiger partial charge in [0.25, 0.3) is 0 Å². The Kier molecular flexibility index (Phi) is 5.16. The summed E-state index contributed by atoms with van der Waals surface area (Å²) in [5.74, 6) is 2.00. The molecule has 4 heteroatoms. The Morgan fingerprint density at radius 1 is 1.08 bits per heavy atom. The van der Waals surface area contributed by atoms with Crippen molar-refractivity contribution in [2.24, 2.45) is 5.92 Å². The van der Waals surface area contributed by atoms with Crippen LogP contribution in [-0.4, -0.2) is 39.1 Å². The van der Waals surface area contributed by atoms with Gasteiger partial charge in [0.1, 0.15) is 5.82 Å². The molecule has 134 valence electrons. The number of piperidine rings is 1. The van der Waals surface area contributed by atoms with Gasteiger partial charge in [-0.1, -0.05) is 19.3 Å². The highest BCUT2D eigenvalue weighted by molar-refractivity contribution is 5.54. The summed E-state index contributed by atoms with van der Waals surface area (Å²) in [7, 11) is 0. The van der Waals surface area contributed by atoms with Crippen molar-refractivity contribution in [3.05, 3.63) is 36.4 Å². The SMILES string of the molecule is Cc1cnc(-c2cccnc2)n1C1CCCN(CC2CCCCC2)C1. The summed E-state index contributed by atoms with van der Waals surface area (Å²) in [6.07, 6.45) is 15.5. The van der Waals surface area contributed by atoms with Gasteiger partial charge in [-0.25, -0.2) is 4.98 Å². The molecule has 4 rings (SSSR count). The van der Waals surface area contributed by atoms with E-state index in [0.717, 1.165) is 17.3 Å². The third kappa shape index (κ3) is 3.79. The van der Waals surface area contributed by atoms with Crippen molar-refractivity contribution in [3.63, 3.8) is 0 Å². The Labute approximate surface area is 151 Å². The van der Waals surface area contributed by atoms with Crippen LogP contribution in [0.15, 0.2) is 30.7 Å². The predicted octanol–water partition coefficient (Wildman–Crippen LogP) is 4.47. The highest BCUT2D eigenvalue weighted by Crippen LogP contribution is 2.31. The Bertz CT molecular complexity index is 672. The van der Waals surface area contributed by atoms with Crippen molar-refractivity contribution in [3.8, 4) is 11.4 Å². The average Bonchev–Trinajstić information content (AvgIpc) is 3.05. The van der Waals surface area contributed by atoms with Crippen LogP contribution in [0.4, 0.5) is 0 Å². The van der Waals surface area contributed by atoms with Crippen LogP contribution >= 0.6 is 0 Å². The first-order valence-electron chi connectivity index (χ1n) is 9.98. The molecule has 1 aliphatic carbocycles. The number of aromatic nitrogens is 3.